The monoisotopic (exact) mass is 388 g/mol. The number of ether oxygens (including phenoxy) is 2. The maximum atomic E-state index is 12.4. The molecule has 1 aliphatic rings. The van der Waals surface area contributed by atoms with Crippen molar-refractivity contribution in [1.29, 1.82) is 0 Å². The van der Waals surface area contributed by atoms with Gasteiger partial charge in [0.1, 0.15) is 6.54 Å². The summed E-state index contributed by atoms with van der Waals surface area (Å²) in [6, 6.07) is 13.2. The van der Waals surface area contributed by atoms with Crippen molar-refractivity contribution in [2.24, 2.45) is 5.73 Å². The predicted octanol–water partition coefficient (Wildman–Crippen LogP) is 0.646. The number of nitrogens with one attached hydrogen (secondary N) is 2. The third-order valence-corrected chi connectivity index (χ3v) is 5.03. The molecular weight excluding hydrogens is 366 g/mol. The summed E-state index contributed by atoms with van der Waals surface area (Å²) in [4.78, 5) is 25.3. The molecule has 0 aromatic heterocycles. The van der Waals surface area contributed by atoms with Crippen LogP contribution in [0, 0.1) is 0 Å². The van der Waals surface area contributed by atoms with Gasteiger partial charge in [0.15, 0.2) is 18.0 Å². The molecule has 1 aliphatic heterocycles. The number of carbonyl (C=O) groups is 2. The van der Waals surface area contributed by atoms with E-state index < -0.39 is 5.91 Å². The second-order valence-corrected chi connectivity index (χ2v) is 7.31. The van der Waals surface area contributed by atoms with Gasteiger partial charge in [-0.25, -0.2) is 0 Å². The van der Waals surface area contributed by atoms with Gasteiger partial charge < -0.3 is 25.4 Å². The van der Waals surface area contributed by atoms with Gasteiger partial charge in [0.2, 0.25) is 12.7 Å². The zero-order chi connectivity index (χ0) is 19.2. The summed E-state index contributed by atoms with van der Waals surface area (Å²) in [5.41, 5.74) is 6.95. The summed E-state index contributed by atoms with van der Waals surface area (Å²) in [7, 11) is 1.96. The summed E-state index contributed by atoms with van der Waals surface area (Å²) in [5, 5.41) is 2.92. The molecule has 2 aromatic carbocycles. The largest absolute Gasteiger partial charge is 0.454 e. The van der Waals surface area contributed by atoms with Crippen LogP contribution in [0.5, 0.6) is 11.5 Å². The fraction of sp³-hybridized carbons (Fsp3) is 0.263. The first-order valence-corrected chi connectivity index (χ1v) is 9.49. The van der Waals surface area contributed by atoms with E-state index in [1.165, 1.54) is 11.8 Å². The van der Waals surface area contributed by atoms with Crippen molar-refractivity contribution >= 4 is 29.3 Å². The normalized spacial score (nSPS) is 13.2. The molecule has 27 heavy (non-hydrogen) atoms. The fourth-order valence-corrected chi connectivity index (χ4v) is 3.52. The van der Waals surface area contributed by atoms with Crippen molar-refractivity contribution in [1.82, 2.24) is 0 Å². The van der Waals surface area contributed by atoms with Crippen LogP contribution in [0.1, 0.15) is 5.56 Å². The lowest BCUT2D eigenvalue weighted by atomic mass is 10.2. The van der Waals surface area contributed by atoms with Gasteiger partial charge in [-0.2, -0.15) is 0 Å². The number of benzene rings is 2. The highest BCUT2D eigenvalue weighted by Gasteiger charge is 2.17. The van der Waals surface area contributed by atoms with Crippen molar-refractivity contribution in [3.8, 4) is 11.5 Å². The number of likely N-dealkylation sites (N-methyl/N-ethyl adjacent to an activating group) is 1. The van der Waals surface area contributed by atoms with E-state index >= 15 is 0 Å². The molecule has 0 spiro atoms. The zero-order valence-corrected chi connectivity index (χ0v) is 15.8. The Bertz CT molecular complexity index is 843. The summed E-state index contributed by atoms with van der Waals surface area (Å²) >= 11 is 1.31. The molecule has 4 N–H and O–H groups in total. The third-order valence-electron chi connectivity index (χ3n) is 3.94. The van der Waals surface area contributed by atoms with E-state index in [2.05, 4.69) is 5.32 Å². The Kier molecular flexibility index (Phi) is 6.20. The highest BCUT2D eigenvalue weighted by Crippen LogP contribution is 2.32. The lowest BCUT2D eigenvalue weighted by Gasteiger charge is -2.15. The number of primary amides is 1. The highest BCUT2D eigenvalue weighted by atomic mass is 32.2. The fourth-order valence-electron chi connectivity index (χ4n) is 2.78. The van der Waals surface area contributed by atoms with Crippen LogP contribution in [-0.4, -0.2) is 38.0 Å². The van der Waals surface area contributed by atoms with Gasteiger partial charge in [0.25, 0.3) is 5.91 Å². The number of rotatable bonds is 8. The number of amides is 2. The van der Waals surface area contributed by atoms with Gasteiger partial charge in [0.05, 0.1) is 18.5 Å². The number of fused-ring (bicyclic) bond motifs is 1. The summed E-state index contributed by atoms with van der Waals surface area (Å²) < 4.78 is 10.7. The predicted molar refractivity (Wildman–Crippen MR) is 103 cm³/mol. The second-order valence-electron chi connectivity index (χ2n) is 6.30. The Labute approximate surface area is 161 Å². The van der Waals surface area contributed by atoms with Gasteiger partial charge in [-0.3, -0.25) is 9.59 Å². The number of para-hydroxylation sites is 1. The maximum Gasteiger partial charge on any atom is 0.279 e. The average molecular weight is 388 g/mol. The van der Waals surface area contributed by atoms with Crippen LogP contribution in [0.2, 0.25) is 0 Å². The van der Waals surface area contributed by atoms with Crippen LogP contribution in [0.25, 0.3) is 0 Å². The number of carbonyl (C=O) groups excluding carboxylic acids is 2. The first-order chi connectivity index (χ1) is 13.0. The number of quaternary nitrogens is 1. The number of nitrogens with two attached hydrogens (primary N) is 1. The van der Waals surface area contributed by atoms with Crippen molar-refractivity contribution in [3.63, 3.8) is 0 Å². The molecular formula is C19H22N3O4S+. The van der Waals surface area contributed by atoms with Crippen LogP contribution in [0.3, 0.4) is 0 Å². The molecule has 0 radical (unpaired) electrons. The first-order valence-electron chi connectivity index (χ1n) is 8.51. The Morgan fingerprint density at radius 3 is 2.78 bits per heavy atom. The van der Waals surface area contributed by atoms with E-state index in [-0.39, 0.29) is 18.5 Å². The topological polar surface area (TPSA) is 95.1 Å². The van der Waals surface area contributed by atoms with Crippen molar-refractivity contribution in [2.75, 3.05) is 31.5 Å². The van der Waals surface area contributed by atoms with Crippen molar-refractivity contribution < 1.29 is 24.0 Å². The molecule has 0 bridgehead atoms. The number of thioether (sulfide) groups is 1. The number of anilines is 1. The average Bonchev–Trinajstić information content (AvgIpc) is 3.08. The molecule has 0 aliphatic carbocycles. The van der Waals surface area contributed by atoms with Gasteiger partial charge in [-0.05, 0) is 30.3 Å². The molecule has 1 heterocycles. The van der Waals surface area contributed by atoms with E-state index in [1.807, 2.05) is 49.5 Å². The summed E-state index contributed by atoms with van der Waals surface area (Å²) in [5.74, 6) is 1.17. The van der Waals surface area contributed by atoms with Gasteiger partial charge in [0, 0.05) is 10.5 Å². The van der Waals surface area contributed by atoms with Gasteiger partial charge >= 0.3 is 0 Å². The van der Waals surface area contributed by atoms with E-state index in [1.54, 1.807) is 0 Å². The molecule has 3 rings (SSSR count). The lowest BCUT2D eigenvalue weighted by Crippen LogP contribution is -3.08. The number of hydrogen-bond donors (Lipinski definition) is 3. The smallest absolute Gasteiger partial charge is 0.279 e. The Balaban J connectivity index is 1.55. The van der Waals surface area contributed by atoms with Crippen molar-refractivity contribution in [3.05, 3.63) is 48.0 Å². The quantitative estimate of drug-likeness (QED) is 0.577. The standard InChI is InChI=1S/C19H21N3O4S/c1-22(9-13-6-7-15-16(8-13)26-12-25-15)10-19(24)21-14-4-2-3-5-17(14)27-11-18(20)23/h2-8H,9-12H2,1H3,(H2,20,23)(H,21,24)/p+1. The molecule has 0 saturated carbocycles. The second kappa shape index (κ2) is 8.79. The van der Waals surface area contributed by atoms with E-state index in [0.29, 0.717) is 18.8 Å². The summed E-state index contributed by atoms with van der Waals surface area (Å²) in [6.07, 6.45) is 0. The third kappa shape index (κ3) is 5.38. The molecule has 8 heteroatoms. The molecule has 1 atom stereocenters. The van der Waals surface area contributed by atoms with E-state index in [4.69, 9.17) is 15.2 Å². The highest BCUT2D eigenvalue weighted by molar-refractivity contribution is 8.00. The minimum atomic E-state index is -0.394. The van der Waals surface area contributed by atoms with Crippen LogP contribution in [0.15, 0.2) is 47.4 Å². The lowest BCUT2D eigenvalue weighted by molar-refractivity contribution is -0.885. The minimum Gasteiger partial charge on any atom is -0.454 e. The Morgan fingerprint density at radius 2 is 1.96 bits per heavy atom. The van der Waals surface area contributed by atoms with Crippen LogP contribution in [0.4, 0.5) is 5.69 Å². The summed E-state index contributed by atoms with van der Waals surface area (Å²) in [6.45, 7) is 1.24. The molecule has 142 valence electrons. The molecule has 7 nitrogen and oxygen atoms in total. The molecule has 1 unspecified atom stereocenters. The van der Waals surface area contributed by atoms with Crippen LogP contribution in [-0.2, 0) is 16.1 Å². The minimum absolute atomic E-state index is 0.0969. The van der Waals surface area contributed by atoms with Crippen molar-refractivity contribution in [2.45, 2.75) is 11.4 Å². The number of hydrogen-bond acceptors (Lipinski definition) is 5. The maximum absolute atomic E-state index is 12.4. The van der Waals surface area contributed by atoms with Gasteiger partial charge in [-0.15, -0.1) is 11.8 Å². The van der Waals surface area contributed by atoms with E-state index in [9.17, 15) is 9.59 Å². The molecule has 0 fully saturated rings. The van der Waals surface area contributed by atoms with Crippen LogP contribution < -0.4 is 25.4 Å². The van der Waals surface area contributed by atoms with Crippen LogP contribution >= 0.6 is 11.8 Å². The van der Waals surface area contributed by atoms with E-state index in [0.717, 1.165) is 26.9 Å². The SMILES string of the molecule is C[NH+](CC(=O)Nc1ccccc1SCC(N)=O)Cc1ccc2c(c1)OCO2. The first kappa shape index (κ1) is 19.1. The zero-order valence-electron chi connectivity index (χ0n) is 15.0. The molecule has 0 saturated heterocycles. The Morgan fingerprint density at radius 1 is 1.19 bits per heavy atom. The Hall–Kier alpha value is -2.71. The molecule has 2 amide bonds. The molecule has 2 aromatic rings. The van der Waals surface area contributed by atoms with Gasteiger partial charge in [-0.1, -0.05) is 12.1 Å².